The van der Waals surface area contributed by atoms with Crippen molar-refractivity contribution in [3.63, 3.8) is 0 Å². The van der Waals surface area contributed by atoms with E-state index in [0.29, 0.717) is 12.3 Å². The van der Waals surface area contributed by atoms with Crippen LogP contribution in [0.2, 0.25) is 0 Å². The summed E-state index contributed by atoms with van der Waals surface area (Å²) in [7, 11) is 0. The molecule has 0 unspecified atom stereocenters. The van der Waals surface area contributed by atoms with Crippen LogP contribution in [0, 0.1) is 0 Å². The van der Waals surface area contributed by atoms with Gasteiger partial charge in [0.2, 0.25) is 0 Å². The van der Waals surface area contributed by atoms with Gasteiger partial charge in [-0.05, 0) is 36.1 Å². The molecule has 1 aromatic heterocycles. The van der Waals surface area contributed by atoms with E-state index in [1.807, 2.05) is 12.3 Å². The molecule has 0 fully saturated rings. The normalized spacial score (nSPS) is 12.8. The molecule has 2 rings (SSSR count). The number of benzene rings is 1. The Morgan fingerprint density at radius 2 is 2.29 bits per heavy atom. The highest BCUT2D eigenvalue weighted by molar-refractivity contribution is 9.10. The summed E-state index contributed by atoms with van der Waals surface area (Å²) >= 11 is 3.49. The van der Waals surface area contributed by atoms with Gasteiger partial charge in [-0.25, -0.2) is 0 Å². The van der Waals surface area contributed by atoms with Crippen LogP contribution in [0.15, 0.2) is 28.9 Å². The first-order valence-electron chi connectivity index (χ1n) is 5.96. The Morgan fingerprint density at radius 1 is 1.47 bits per heavy atom. The largest absolute Gasteiger partial charge is 0.361 e. The third-order valence-corrected chi connectivity index (χ3v) is 3.63. The minimum Gasteiger partial charge on any atom is -0.361 e. The van der Waals surface area contributed by atoms with Crippen molar-refractivity contribution >= 4 is 33.1 Å². The van der Waals surface area contributed by atoms with Crippen LogP contribution >= 0.6 is 15.9 Å². The summed E-state index contributed by atoms with van der Waals surface area (Å²) in [5.74, 6) is 0.334. The van der Waals surface area contributed by atoms with Crippen LogP contribution in [-0.4, -0.2) is 11.3 Å². The van der Waals surface area contributed by atoms with E-state index < -0.39 is 0 Å². The van der Waals surface area contributed by atoms with E-state index in [1.54, 1.807) is 0 Å². The lowest BCUT2D eigenvalue weighted by Crippen LogP contribution is -1.98. The number of aromatic amines is 1. The third kappa shape index (κ3) is 2.60. The SMILES string of the molecule is CCC[C@@H](CC=O)c1c[nH]c2ccc(Br)cc12. The first-order valence-corrected chi connectivity index (χ1v) is 6.75. The van der Waals surface area contributed by atoms with Gasteiger partial charge in [0.25, 0.3) is 0 Å². The molecule has 1 atom stereocenters. The summed E-state index contributed by atoms with van der Waals surface area (Å²) in [6.45, 7) is 2.16. The molecular formula is C14H16BrNO. The lowest BCUT2D eigenvalue weighted by molar-refractivity contribution is -0.108. The molecule has 2 nitrogen and oxygen atoms in total. The Balaban J connectivity index is 2.44. The fourth-order valence-electron chi connectivity index (χ4n) is 2.32. The Hall–Kier alpha value is -1.09. The fourth-order valence-corrected chi connectivity index (χ4v) is 2.68. The summed E-state index contributed by atoms with van der Waals surface area (Å²) < 4.78 is 1.08. The predicted molar refractivity (Wildman–Crippen MR) is 74.3 cm³/mol. The molecule has 0 radical (unpaired) electrons. The number of nitrogens with one attached hydrogen (secondary N) is 1. The smallest absolute Gasteiger partial charge is 0.120 e. The van der Waals surface area contributed by atoms with Gasteiger partial charge in [-0.1, -0.05) is 29.3 Å². The maximum atomic E-state index is 10.8. The molecule has 0 aliphatic carbocycles. The van der Waals surface area contributed by atoms with Crippen LogP contribution in [0.1, 0.15) is 37.7 Å². The van der Waals surface area contributed by atoms with Crippen molar-refractivity contribution in [2.75, 3.05) is 0 Å². The van der Waals surface area contributed by atoms with E-state index in [-0.39, 0.29) is 0 Å². The second-order valence-corrected chi connectivity index (χ2v) is 5.24. The Kier molecular flexibility index (Phi) is 4.00. The average Bonchev–Trinajstić information content (AvgIpc) is 2.71. The third-order valence-electron chi connectivity index (χ3n) is 3.13. The molecule has 17 heavy (non-hydrogen) atoms. The summed E-state index contributed by atoms with van der Waals surface area (Å²) in [5, 5.41) is 1.22. The second-order valence-electron chi connectivity index (χ2n) is 4.32. The van der Waals surface area contributed by atoms with Gasteiger partial charge in [-0.3, -0.25) is 0 Å². The van der Waals surface area contributed by atoms with E-state index in [2.05, 4.69) is 40.0 Å². The van der Waals surface area contributed by atoms with Crippen molar-refractivity contribution in [3.05, 3.63) is 34.4 Å². The van der Waals surface area contributed by atoms with Crippen molar-refractivity contribution in [1.82, 2.24) is 4.98 Å². The number of hydrogen-bond donors (Lipinski definition) is 1. The summed E-state index contributed by atoms with van der Waals surface area (Å²) in [5.41, 5.74) is 2.39. The minimum absolute atomic E-state index is 0.334. The summed E-state index contributed by atoms with van der Waals surface area (Å²) in [6, 6.07) is 6.21. The molecule has 2 aromatic rings. The van der Waals surface area contributed by atoms with Crippen LogP contribution < -0.4 is 0 Å². The number of rotatable bonds is 5. The Bertz CT molecular complexity index is 518. The quantitative estimate of drug-likeness (QED) is 0.814. The number of fused-ring (bicyclic) bond motifs is 1. The van der Waals surface area contributed by atoms with Crippen molar-refractivity contribution in [2.24, 2.45) is 0 Å². The number of hydrogen-bond acceptors (Lipinski definition) is 1. The molecule has 0 bridgehead atoms. The van der Waals surface area contributed by atoms with Crippen LogP contribution in [0.5, 0.6) is 0 Å². The van der Waals surface area contributed by atoms with Gasteiger partial charge in [0.15, 0.2) is 0 Å². The highest BCUT2D eigenvalue weighted by atomic mass is 79.9. The molecule has 0 amide bonds. The van der Waals surface area contributed by atoms with Gasteiger partial charge in [0, 0.05) is 28.0 Å². The van der Waals surface area contributed by atoms with Crippen LogP contribution in [0.25, 0.3) is 10.9 Å². The minimum atomic E-state index is 0.334. The van der Waals surface area contributed by atoms with Crippen LogP contribution in [0.4, 0.5) is 0 Å². The highest BCUT2D eigenvalue weighted by Crippen LogP contribution is 2.32. The summed E-state index contributed by atoms with van der Waals surface area (Å²) in [4.78, 5) is 14.0. The number of aldehydes is 1. The number of H-pyrrole nitrogens is 1. The number of aromatic nitrogens is 1. The van der Waals surface area contributed by atoms with E-state index in [1.165, 1.54) is 10.9 Å². The monoisotopic (exact) mass is 293 g/mol. The van der Waals surface area contributed by atoms with E-state index in [0.717, 1.165) is 29.1 Å². The molecule has 1 N–H and O–H groups in total. The van der Waals surface area contributed by atoms with E-state index in [4.69, 9.17) is 0 Å². The molecule has 0 spiro atoms. The lowest BCUT2D eigenvalue weighted by Gasteiger charge is -2.12. The zero-order chi connectivity index (χ0) is 12.3. The Morgan fingerprint density at radius 3 is 3.00 bits per heavy atom. The van der Waals surface area contributed by atoms with Crippen molar-refractivity contribution < 1.29 is 4.79 Å². The molecule has 90 valence electrons. The molecule has 0 aliphatic heterocycles. The van der Waals surface area contributed by atoms with Gasteiger partial charge >= 0.3 is 0 Å². The van der Waals surface area contributed by atoms with Crippen molar-refractivity contribution in [3.8, 4) is 0 Å². The highest BCUT2D eigenvalue weighted by Gasteiger charge is 2.14. The second kappa shape index (κ2) is 5.50. The predicted octanol–water partition coefficient (Wildman–Crippen LogP) is 4.40. The molecule has 1 heterocycles. The first-order chi connectivity index (χ1) is 8.26. The lowest BCUT2D eigenvalue weighted by atomic mass is 9.92. The molecule has 0 aliphatic rings. The molecule has 3 heteroatoms. The van der Waals surface area contributed by atoms with E-state index >= 15 is 0 Å². The number of carbonyl (C=O) groups excluding carboxylic acids is 1. The van der Waals surface area contributed by atoms with Gasteiger partial charge in [-0.15, -0.1) is 0 Å². The van der Waals surface area contributed by atoms with Gasteiger partial charge in [0.05, 0.1) is 0 Å². The van der Waals surface area contributed by atoms with Crippen molar-refractivity contribution in [2.45, 2.75) is 32.1 Å². The van der Waals surface area contributed by atoms with Gasteiger partial charge in [0.1, 0.15) is 6.29 Å². The Labute approximate surface area is 110 Å². The number of halogens is 1. The fraction of sp³-hybridized carbons (Fsp3) is 0.357. The van der Waals surface area contributed by atoms with Crippen LogP contribution in [0.3, 0.4) is 0 Å². The maximum Gasteiger partial charge on any atom is 0.120 e. The number of carbonyl (C=O) groups is 1. The van der Waals surface area contributed by atoms with Gasteiger partial charge < -0.3 is 9.78 Å². The topological polar surface area (TPSA) is 32.9 Å². The molecular weight excluding hydrogens is 278 g/mol. The van der Waals surface area contributed by atoms with Crippen LogP contribution in [-0.2, 0) is 4.79 Å². The standard InChI is InChI=1S/C14H16BrNO/c1-2-3-10(6-7-17)13-9-16-14-5-4-11(15)8-12(13)14/h4-5,7-10,16H,2-3,6H2,1H3/t10-/m0/s1. The first kappa shape index (κ1) is 12.4. The zero-order valence-corrected chi connectivity index (χ0v) is 11.5. The molecule has 1 aromatic carbocycles. The molecule has 0 saturated carbocycles. The molecule has 0 saturated heterocycles. The zero-order valence-electron chi connectivity index (χ0n) is 9.87. The summed E-state index contributed by atoms with van der Waals surface area (Å²) in [6.07, 6.45) is 5.82. The average molecular weight is 294 g/mol. The van der Waals surface area contributed by atoms with Gasteiger partial charge in [-0.2, -0.15) is 0 Å². The van der Waals surface area contributed by atoms with E-state index in [9.17, 15) is 4.79 Å². The van der Waals surface area contributed by atoms with Crippen molar-refractivity contribution in [1.29, 1.82) is 0 Å². The maximum absolute atomic E-state index is 10.8.